The van der Waals surface area contributed by atoms with Crippen LogP contribution >= 0.6 is 0 Å². The molecule has 0 aromatic heterocycles. The highest BCUT2D eigenvalue weighted by molar-refractivity contribution is 5.66. The predicted molar refractivity (Wildman–Crippen MR) is 98.0 cm³/mol. The number of hydrogen-bond donors (Lipinski definition) is 1. The minimum absolute atomic E-state index is 0.274. The molecule has 0 saturated carbocycles. The van der Waals surface area contributed by atoms with Gasteiger partial charge in [-0.1, -0.05) is 37.6 Å². The molecule has 0 aromatic carbocycles. The zero-order valence-electron chi connectivity index (χ0n) is 15.2. The summed E-state index contributed by atoms with van der Waals surface area (Å²) in [7, 11) is 0. The summed E-state index contributed by atoms with van der Waals surface area (Å²) < 4.78 is 6.17. The predicted octanol–water partition coefficient (Wildman–Crippen LogP) is 5.51. The second kappa shape index (κ2) is 10.7. The summed E-state index contributed by atoms with van der Waals surface area (Å²) in [6.07, 6.45) is 21.7. The Morgan fingerprint density at radius 1 is 1.00 bits per heavy atom. The number of ether oxygens (including phenoxy) is 1. The van der Waals surface area contributed by atoms with Crippen LogP contribution in [0, 0.1) is 11.8 Å². The van der Waals surface area contributed by atoms with Crippen LogP contribution in [0.25, 0.3) is 0 Å². The van der Waals surface area contributed by atoms with E-state index in [0.29, 0.717) is 18.1 Å². The quantitative estimate of drug-likeness (QED) is 0.378. The van der Waals surface area contributed by atoms with Crippen molar-refractivity contribution in [1.82, 2.24) is 0 Å². The Bertz CT molecular complexity index is 427. The van der Waals surface area contributed by atoms with Crippen LogP contribution in [0.1, 0.15) is 77.6 Å². The molecule has 2 heterocycles. The average molecular weight is 335 g/mol. The lowest BCUT2D eigenvalue weighted by Crippen LogP contribution is -2.26. The Morgan fingerprint density at radius 2 is 1.67 bits per heavy atom. The van der Waals surface area contributed by atoms with Crippen LogP contribution in [0.4, 0.5) is 0 Å². The van der Waals surface area contributed by atoms with Gasteiger partial charge in [0.2, 0.25) is 0 Å². The molecular weight excluding hydrogens is 300 g/mol. The van der Waals surface area contributed by atoms with Gasteiger partial charge < -0.3 is 9.84 Å². The molecule has 24 heavy (non-hydrogen) atoms. The molecule has 2 aliphatic rings. The van der Waals surface area contributed by atoms with Crippen LogP contribution in [0.3, 0.4) is 0 Å². The van der Waals surface area contributed by atoms with E-state index in [4.69, 9.17) is 9.84 Å². The molecule has 0 radical (unpaired) electrons. The molecule has 0 aliphatic carbocycles. The molecule has 0 unspecified atom stereocenters. The molecule has 4 atom stereocenters. The van der Waals surface area contributed by atoms with Gasteiger partial charge in [-0.05, 0) is 69.6 Å². The third kappa shape index (κ3) is 6.08. The molecule has 2 aliphatic heterocycles. The Kier molecular flexibility index (Phi) is 8.58. The summed E-state index contributed by atoms with van der Waals surface area (Å²) in [5, 5.41) is 8.65. The van der Waals surface area contributed by atoms with Gasteiger partial charge in [-0.15, -0.1) is 0 Å². The first-order chi connectivity index (χ1) is 11.7. The Morgan fingerprint density at radius 3 is 2.42 bits per heavy atom. The van der Waals surface area contributed by atoms with E-state index in [1.165, 1.54) is 44.9 Å². The van der Waals surface area contributed by atoms with Crippen LogP contribution in [-0.4, -0.2) is 23.3 Å². The van der Waals surface area contributed by atoms with Crippen molar-refractivity contribution in [2.24, 2.45) is 11.8 Å². The molecule has 2 rings (SSSR count). The van der Waals surface area contributed by atoms with Crippen molar-refractivity contribution in [1.29, 1.82) is 0 Å². The third-order valence-electron chi connectivity index (χ3n) is 5.46. The molecular formula is C21H34O3. The van der Waals surface area contributed by atoms with E-state index < -0.39 is 5.97 Å². The van der Waals surface area contributed by atoms with E-state index in [0.717, 1.165) is 25.2 Å². The summed E-state index contributed by atoms with van der Waals surface area (Å²) in [5.74, 6) is 0.712. The van der Waals surface area contributed by atoms with Crippen molar-refractivity contribution in [3.05, 3.63) is 24.3 Å². The van der Waals surface area contributed by atoms with Crippen molar-refractivity contribution >= 4 is 5.97 Å². The molecule has 0 spiro atoms. The van der Waals surface area contributed by atoms with Crippen LogP contribution < -0.4 is 0 Å². The second-order valence-electron chi connectivity index (χ2n) is 7.30. The maximum absolute atomic E-state index is 10.5. The normalized spacial score (nSPS) is 29.2. The molecule has 1 N–H and O–H groups in total. The minimum Gasteiger partial charge on any atom is -0.481 e. The highest BCUT2D eigenvalue weighted by Crippen LogP contribution is 2.47. The maximum atomic E-state index is 10.5. The molecule has 3 heteroatoms. The number of unbranched alkanes of at least 4 members (excludes halogenated alkanes) is 3. The largest absolute Gasteiger partial charge is 0.481 e. The van der Waals surface area contributed by atoms with Crippen LogP contribution in [0.15, 0.2) is 24.3 Å². The highest BCUT2D eigenvalue weighted by Gasteiger charge is 2.47. The fourth-order valence-electron chi connectivity index (χ4n) is 4.21. The van der Waals surface area contributed by atoms with Gasteiger partial charge in [-0.2, -0.15) is 0 Å². The first kappa shape index (κ1) is 19.2. The van der Waals surface area contributed by atoms with Crippen molar-refractivity contribution in [3.8, 4) is 0 Å². The smallest absolute Gasteiger partial charge is 0.303 e. The SMILES string of the molecule is CCC/C=C/CCC[C@@H]1[C@H](C/C=C\CCCC(=O)O)[C@@H]2CC[C@H]1O2. The number of aliphatic carboxylic acids is 1. The number of hydrogen-bond acceptors (Lipinski definition) is 2. The average Bonchev–Trinajstić information content (AvgIpc) is 3.15. The molecule has 3 nitrogen and oxygen atoms in total. The molecule has 0 aromatic rings. The molecule has 2 fully saturated rings. The number of carbonyl (C=O) groups is 1. The Balaban J connectivity index is 1.69. The van der Waals surface area contributed by atoms with Crippen molar-refractivity contribution in [2.45, 2.75) is 89.8 Å². The zero-order chi connectivity index (χ0) is 17.2. The Hall–Kier alpha value is -1.09. The number of fused-ring (bicyclic) bond motifs is 2. The lowest BCUT2D eigenvalue weighted by Gasteiger charge is -2.27. The van der Waals surface area contributed by atoms with Crippen LogP contribution in [0.2, 0.25) is 0 Å². The lowest BCUT2D eigenvalue weighted by molar-refractivity contribution is -0.137. The number of carboxylic acids is 1. The van der Waals surface area contributed by atoms with E-state index in [9.17, 15) is 4.79 Å². The van der Waals surface area contributed by atoms with Gasteiger partial charge in [0.1, 0.15) is 0 Å². The number of rotatable bonds is 12. The lowest BCUT2D eigenvalue weighted by atomic mass is 9.75. The van der Waals surface area contributed by atoms with Gasteiger partial charge in [0.05, 0.1) is 12.2 Å². The van der Waals surface area contributed by atoms with Gasteiger partial charge in [-0.25, -0.2) is 0 Å². The van der Waals surface area contributed by atoms with Gasteiger partial charge in [0.25, 0.3) is 0 Å². The van der Waals surface area contributed by atoms with Gasteiger partial charge in [-0.3, -0.25) is 4.79 Å². The van der Waals surface area contributed by atoms with Gasteiger partial charge in [0, 0.05) is 6.42 Å². The zero-order valence-corrected chi connectivity index (χ0v) is 15.2. The second-order valence-corrected chi connectivity index (χ2v) is 7.30. The highest BCUT2D eigenvalue weighted by atomic mass is 16.5. The molecule has 136 valence electrons. The van der Waals surface area contributed by atoms with Crippen LogP contribution in [0.5, 0.6) is 0 Å². The van der Waals surface area contributed by atoms with E-state index in [1.807, 2.05) is 0 Å². The maximum Gasteiger partial charge on any atom is 0.303 e. The molecule has 0 amide bonds. The van der Waals surface area contributed by atoms with Crippen molar-refractivity contribution in [2.75, 3.05) is 0 Å². The van der Waals surface area contributed by atoms with E-state index in [2.05, 4.69) is 31.2 Å². The monoisotopic (exact) mass is 334 g/mol. The van der Waals surface area contributed by atoms with E-state index in [1.54, 1.807) is 0 Å². The number of allylic oxidation sites excluding steroid dienone is 4. The Labute approximate surface area is 147 Å². The third-order valence-corrected chi connectivity index (χ3v) is 5.46. The van der Waals surface area contributed by atoms with E-state index >= 15 is 0 Å². The first-order valence-corrected chi connectivity index (χ1v) is 9.89. The van der Waals surface area contributed by atoms with Gasteiger partial charge >= 0.3 is 5.97 Å². The molecule has 2 bridgehead atoms. The summed E-state index contributed by atoms with van der Waals surface area (Å²) in [4.78, 5) is 10.5. The first-order valence-electron chi connectivity index (χ1n) is 9.89. The fraction of sp³-hybridized carbons (Fsp3) is 0.762. The fourth-order valence-corrected chi connectivity index (χ4v) is 4.21. The van der Waals surface area contributed by atoms with Gasteiger partial charge in [0.15, 0.2) is 0 Å². The summed E-state index contributed by atoms with van der Waals surface area (Å²) >= 11 is 0. The summed E-state index contributed by atoms with van der Waals surface area (Å²) in [6.45, 7) is 2.22. The van der Waals surface area contributed by atoms with Crippen molar-refractivity contribution < 1.29 is 14.6 Å². The molecule has 2 saturated heterocycles. The number of carboxylic acid groups (broad SMARTS) is 1. The topological polar surface area (TPSA) is 46.5 Å². The van der Waals surface area contributed by atoms with Crippen molar-refractivity contribution in [3.63, 3.8) is 0 Å². The summed E-state index contributed by atoms with van der Waals surface area (Å²) in [5.41, 5.74) is 0. The van der Waals surface area contributed by atoms with E-state index in [-0.39, 0.29) is 6.42 Å². The standard InChI is InChI=1S/C21H34O3/c1-2-3-4-5-6-9-12-17-18(20-16-15-19(17)24-20)13-10-7-8-11-14-21(22)23/h4-5,7,10,17-20H,2-3,6,8-9,11-16H2,1H3,(H,22,23)/b5-4+,10-7-/t17-,18+,19-,20+/m1/s1. The van der Waals surface area contributed by atoms with Crippen LogP contribution in [-0.2, 0) is 9.53 Å². The summed E-state index contributed by atoms with van der Waals surface area (Å²) in [6, 6.07) is 0. The minimum atomic E-state index is -0.696.